The van der Waals surface area contributed by atoms with Crippen molar-refractivity contribution in [3.8, 4) is 5.75 Å². The van der Waals surface area contributed by atoms with Crippen molar-refractivity contribution in [2.75, 3.05) is 12.0 Å². The maximum atomic E-state index is 13.3. The van der Waals surface area contributed by atoms with Crippen LogP contribution in [0.25, 0.3) is 5.76 Å². The van der Waals surface area contributed by atoms with Crippen LogP contribution in [-0.2, 0) is 15.8 Å². The lowest BCUT2D eigenvalue weighted by molar-refractivity contribution is -0.137. The molecule has 0 spiro atoms. The van der Waals surface area contributed by atoms with Crippen molar-refractivity contribution in [1.29, 1.82) is 0 Å². The second kappa shape index (κ2) is 8.98. The predicted octanol–water partition coefficient (Wildman–Crippen LogP) is 6.10. The molecule has 3 aromatic rings. The van der Waals surface area contributed by atoms with Crippen LogP contribution in [0.5, 0.6) is 5.75 Å². The molecular formula is C25H17BrF3NO4. The number of amides is 1. The fourth-order valence-electron chi connectivity index (χ4n) is 3.80. The van der Waals surface area contributed by atoms with Crippen LogP contribution >= 0.6 is 15.9 Å². The lowest BCUT2D eigenvalue weighted by Crippen LogP contribution is -2.29. The number of rotatable bonds is 4. The van der Waals surface area contributed by atoms with Gasteiger partial charge >= 0.3 is 6.18 Å². The lowest BCUT2D eigenvalue weighted by atomic mass is 9.95. The van der Waals surface area contributed by atoms with E-state index in [1.807, 2.05) is 0 Å². The Labute approximate surface area is 201 Å². The molecule has 0 saturated carbocycles. The van der Waals surface area contributed by atoms with Gasteiger partial charge in [0.25, 0.3) is 11.7 Å². The normalized spacial score (nSPS) is 17.8. The van der Waals surface area contributed by atoms with Gasteiger partial charge in [-0.1, -0.05) is 34.1 Å². The second-order valence-corrected chi connectivity index (χ2v) is 8.41. The maximum absolute atomic E-state index is 13.3. The van der Waals surface area contributed by atoms with Crippen LogP contribution in [0, 0.1) is 0 Å². The molecule has 5 nitrogen and oxygen atoms in total. The molecule has 0 bridgehead atoms. The Balaban J connectivity index is 1.92. The number of carbonyl (C=O) groups excluding carboxylic acids is 2. The monoisotopic (exact) mass is 531 g/mol. The summed E-state index contributed by atoms with van der Waals surface area (Å²) in [4.78, 5) is 27.2. The van der Waals surface area contributed by atoms with Crippen molar-refractivity contribution in [3.05, 3.63) is 99.5 Å². The smallest absolute Gasteiger partial charge is 0.416 e. The molecule has 1 N–H and O–H groups in total. The Kier molecular flexibility index (Phi) is 6.22. The number of anilines is 1. The van der Waals surface area contributed by atoms with Gasteiger partial charge in [0.1, 0.15) is 11.5 Å². The molecule has 4 rings (SSSR count). The predicted molar refractivity (Wildman–Crippen MR) is 123 cm³/mol. The third kappa shape index (κ3) is 4.31. The minimum Gasteiger partial charge on any atom is -0.507 e. The van der Waals surface area contributed by atoms with Gasteiger partial charge in [-0.3, -0.25) is 14.5 Å². The van der Waals surface area contributed by atoms with Crippen molar-refractivity contribution in [1.82, 2.24) is 0 Å². The molecule has 1 saturated heterocycles. The number of carbonyl (C=O) groups is 2. The highest BCUT2D eigenvalue weighted by molar-refractivity contribution is 9.10. The number of Topliss-reactive ketones (excluding diaryl/α,β-unsaturated/α-hetero) is 1. The Morgan fingerprint density at radius 1 is 1.00 bits per heavy atom. The Morgan fingerprint density at radius 2 is 1.65 bits per heavy atom. The number of aliphatic hydroxyl groups is 1. The number of aliphatic hydroxyl groups excluding tert-OH is 1. The zero-order valence-corrected chi connectivity index (χ0v) is 19.2. The van der Waals surface area contributed by atoms with Crippen LogP contribution in [0.1, 0.15) is 22.7 Å². The van der Waals surface area contributed by atoms with Gasteiger partial charge < -0.3 is 9.84 Å². The number of methoxy groups -OCH3 is 1. The molecular weight excluding hydrogens is 515 g/mol. The first-order chi connectivity index (χ1) is 16.1. The summed E-state index contributed by atoms with van der Waals surface area (Å²) >= 11 is 3.32. The Hall–Kier alpha value is -3.59. The molecule has 174 valence electrons. The third-order valence-corrected chi connectivity index (χ3v) is 5.97. The number of ketones is 1. The summed E-state index contributed by atoms with van der Waals surface area (Å²) in [5.74, 6) is -1.96. The van der Waals surface area contributed by atoms with Crippen molar-refractivity contribution in [2.24, 2.45) is 0 Å². The van der Waals surface area contributed by atoms with E-state index in [-0.39, 0.29) is 16.8 Å². The van der Waals surface area contributed by atoms with Gasteiger partial charge in [-0.15, -0.1) is 0 Å². The number of nitrogens with zero attached hydrogens (tertiary/aromatic N) is 1. The minimum absolute atomic E-state index is 0.112. The van der Waals surface area contributed by atoms with Crippen LogP contribution in [0.2, 0.25) is 0 Å². The standard InChI is InChI=1S/C25H17BrF3NO4/c1-34-19-11-7-15(8-12-19)22(31)20-21(14-5-9-17(26)10-6-14)30(24(33)23(20)32)18-4-2-3-16(13-18)25(27,28)29/h2-13,21,31H,1H3/b22-20+/t21-/m1/s1. The number of alkyl halides is 3. The van der Waals surface area contributed by atoms with Crippen LogP contribution in [0.15, 0.2) is 82.8 Å². The Bertz CT molecular complexity index is 1280. The SMILES string of the molecule is COc1ccc(/C(O)=C2\C(=O)C(=O)N(c3cccc(C(F)(F)F)c3)[C@@H]2c2ccc(Br)cc2)cc1. The molecule has 1 atom stereocenters. The number of hydrogen-bond acceptors (Lipinski definition) is 4. The zero-order valence-electron chi connectivity index (χ0n) is 17.6. The highest BCUT2D eigenvalue weighted by Crippen LogP contribution is 2.43. The topological polar surface area (TPSA) is 66.8 Å². The molecule has 1 aliphatic heterocycles. The number of ether oxygens (including phenoxy) is 1. The molecule has 34 heavy (non-hydrogen) atoms. The van der Waals surface area contributed by atoms with E-state index < -0.39 is 35.2 Å². The highest BCUT2D eigenvalue weighted by Gasteiger charge is 2.47. The first kappa shape index (κ1) is 23.6. The fraction of sp³-hybridized carbons (Fsp3) is 0.120. The largest absolute Gasteiger partial charge is 0.507 e. The Morgan fingerprint density at radius 3 is 2.24 bits per heavy atom. The van der Waals surface area contributed by atoms with Crippen molar-refractivity contribution >= 4 is 39.1 Å². The molecule has 1 fully saturated rings. The summed E-state index contributed by atoms with van der Waals surface area (Å²) in [6.07, 6.45) is -4.64. The van der Waals surface area contributed by atoms with Gasteiger partial charge in [-0.2, -0.15) is 13.2 Å². The molecule has 1 heterocycles. The van der Waals surface area contributed by atoms with Gasteiger partial charge in [0, 0.05) is 15.7 Å². The molecule has 9 heteroatoms. The van der Waals surface area contributed by atoms with E-state index in [1.165, 1.54) is 31.4 Å². The summed E-state index contributed by atoms with van der Waals surface area (Å²) in [5, 5.41) is 11.1. The quantitative estimate of drug-likeness (QED) is 0.251. The van der Waals surface area contributed by atoms with E-state index in [0.717, 1.165) is 21.5 Å². The van der Waals surface area contributed by atoms with Gasteiger partial charge in [0.2, 0.25) is 0 Å². The van der Waals surface area contributed by atoms with E-state index in [9.17, 15) is 27.9 Å². The minimum atomic E-state index is -4.64. The molecule has 1 amide bonds. The number of halogens is 4. The van der Waals surface area contributed by atoms with Crippen LogP contribution in [-0.4, -0.2) is 23.9 Å². The van der Waals surface area contributed by atoms with E-state index in [2.05, 4.69) is 15.9 Å². The van der Waals surface area contributed by atoms with Gasteiger partial charge in [-0.05, 0) is 60.2 Å². The molecule has 0 radical (unpaired) electrons. The summed E-state index contributed by atoms with van der Waals surface area (Å²) < 4.78 is 45.9. The van der Waals surface area contributed by atoms with Crippen LogP contribution in [0.3, 0.4) is 0 Å². The molecule has 0 aromatic heterocycles. The first-order valence-corrected chi connectivity index (χ1v) is 10.8. The van der Waals surface area contributed by atoms with E-state index in [1.54, 1.807) is 36.4 Å². The van der Waals surface area contributed by atoms with Gasteiger partial charge in [-0.25, -0.2) is 0 Å². The van der Waals surface area contributed by atoms with Gasteiger partial charge in [0.15, 0.2) is 0 Å². The van der Waals surface area contributed by atoms with E-state index in [4.69, 9.17) is 4.74 Å². The first-order valence-electron chi connectivity index (χ1n) is 10.00. The fourth-order valence-corrected chi connectivity index (χ4v) is 4.06. The summed E-state index contributed by atoms with van der Waals surface area (Å²) in [5.41, 5.74) is -0.607. The summed E-state index contributed by atoms with van der Waals surface area (Å²) in [6, 6.07) is 15.8. The second-order valence-electron chi connectivity index (χ2n) is 7.50. The number of hydrogen-bond donors (Lipinski definition) is 1. The lowest BCUT2D eigenvalue weighted by Gasteiger charge is -2.26. The van der Waals surface area contributed by atoms with Crippen LogP contribution in [0.4, 0.5) is 18.9 Å². The summed E-state index contributed by atoms with van der Waals surface area (Å²) in [7, 11) is 1.48. The maximum Gasteiger partial charge on any atom is 0.416 e. The third-order valence-electron chi connectivity index (χ3n) is 5.45. The van der Waals surface area contributed by atoms with Crippen molar-refractivity contribution in [2.45, 2.75) is 12.2 Å². The molecule has 0 unspecified atom stereocenters. The molecule has 1 aliphatic rings. The van der Waals surface area contributed by atoms with E-state index in [0.29, 0.717) is 11.3 Å². The van der Waals surface area contributed by atoms with Crippen LogP contribution < -0.4 is 9.64 Å². The van der Waals surface area contributed by atoms with E-state index >= 15 is 0 Å². The zero-order chi connectivity index (χ0) is 24.6. The molecule has 3 aromatic carbocycles. The molecule has 0 aliphatic carbocycles. The van der Waals surface area contributed by atoms with Crippen molar-refractivity contribution < 1.29 is 32.6 Å². The average molecular weight is 532 g/mol. The average Bonchev–Trinajstić information content (AvgIpc) is 3.09. The van der Waals surface area contributed by atoms with Crippen molar-refractivity contribution in [3.63, 3.8) is 0 Å². The number of benzene rings is 3. The summed E-state index contributed by atoms with van der Waals surface area (Å²) in [6.45, 7) is 0. The highest BCUT2D eigenvalue weighted by atomic mass is 79.9. The van der Waals surface area contributed by atoms with Gasteiger partial charge in [0.05, 0.1) is 24.3 Å².